The summed E-state index contributed by atoms with van der Waals surface area (Å²) in [5, 5.41) is 9.96. The molecule has 0 aliphatic rings. The first-order chi connectivity index (χ1) is 8.43. The minimum absolute atomic E-state index is 0.407. The molecule has 0 amide bonds. The minimum Gasteiger partial charge on any atom is -0.387 e. The molecule has 102 valence electrons. The Hall–Kier alpha value is -1.00. The molecule has 2 unspecified atom stereocenters. The number of benzene rings is 1. The molecule has 1 N–H and O–H groups in total. The molecule has 0 aliphatic heterocycles. The zero-order chi connectivity index (χ0) is 13.7. The van der Waals surface area contributed by atoms with Gasteiger partial charge in [-0.25, -0.2) is 8.78 Å². The van der Waals surface area contributed by atoms with Crippen LogP contribution in [0.1, 0.15) is 31.9 Å². The van der Waals surface area contributed by atoms with Crippen LogP contribution in [0.15, 0.2) is 18.2 Å². The summed E-state index contributed by atoms with van der Waals surface area (Å²) in [5.74, 6) is -1.26. The first-order valence-corrected chi connectivity index (χ1v) is 6.25. The van der Waals surface area contributed by atoms with E-state index in [1.165, 1.54) is 6.07 Å². The van der Waals surface area contributed by atoms with Gasteiger partial charge in [0.15, 0.2) is 11.6 Å². The van der Waals surface area contributed by atoms with Gasteiger partial charge in [0.1, 0.15) is 0 Å². The number of aliphatic hydroxyl groups is 1. The summed E-state index contributed by atoms with van der Waals surface area (Å²) in [6, 6.07) is 3.51. The molecule has 18 heavy (non-hydrogen) atoms. The van der Waals surface area contributed by atoms with Crippen molar-refractivity contribution in [3.05, 3.63) is 35.4 Å². The first kappa shape index (κ1) is 15.1. The van der Waals surface area contributed by atoms with E-state index >= 15 is 0 Å². The van der Waals surface area contributed by atoms with Gasteiger partial charge in [-0.2, -0.15) is 0 Å². The van der Waals surface area contributed by atoms with Crippen LogP contribution in [0.25, 0.3) is 0 Å². The van der Waals surface area contributed by atoms with E-state index in [-0.39, 0.29) is 0 Å². The maximum absolute atomic E-state index is 13.0. The number of aliphatic hydroxyl groups excluding tert-OH is 1. The third-order valence-corrected chi connectivity index (χ3v) is 3.13. The second-order valence-electron chi connectivity index (χ2n) is 4.92. The number of hydrogen-bond acceptors (Lipinski definition) is 2. The van der Waals surface area contributed by atoms with E-state index in [0.29, 0.717) is 18.0 Å². The van der Waals surface area contributed by atoms with E-state index in [2.05, 4.69) is 13.8 Å². The van der Waals surface area contributed by atoms with E-state index in [9.17, 15) is 13.9 Å². The predicted molar refractivity (Wildman–Crippen MR) is 68.3 cm³/mol. The molecule has 0 heterocycles. The van der Waals surface area contributed by atoms with Gasteiger partial charge in [-0.3, -0.25) is 0 Å². The molecule has 1 rings (SSSR count). The standard InChI is InChI=1S/C14H21F2NO/c1-4-10(2)8-17(3)9-14(18)11-5-6-12(15)13(16)7-11/h5-7,10,14,18H,4,8-9H2,1-3H3. The number of likely N-dealkylation sites (N-methyl/N-ethyl adjacent to an activating group) is 1. The summed E-state index contributed by atoms with van der Waals surface area (Å²) < 4.78 is 25.8. The van der Waals surface area contributed by atoms with Crippen LogP contribution in [0.2, 0.25) is 0 Å². The summed E-state index contributed by atoms with van der Waals surface area (Å²) in [7, 11) is 1.91. The van der Waals surface area contributed by atoms with Gasteiger partial charge in [0.2, 0.25) is 0 Å². The highest BCUT2D eigenvalue weighted by molar-refractivity contribution is 5.20. The van der Waals surface area contributed by atoms with Crippen LogP contribution in [0.3, 0.4) is 0 Å². The van der Waals surface area contributed by atoms with Gasteiger partial charge in [-0.05, 0) is 30.7 Å². The molecule has 1 aromatic carbocycles. The molecular weight excluding hydrogens is 236 g/mol. The predicted octanol–water partition coefficient (Wildman–Crippen LogP) is 2.98. The average molecular weight is 257 g/mol. The molecule has 0 saturated heterocycles. The number of hydrogen-bond donors (Lipinski definition) is 1. The normalized spacial score (nSPS) is 14.8. The minimum atomic E-state index is -0.920. The van der Waals surface area contributed by atoms with E-state index in [1.54, 1.807) is 0 Å². The van der Waals surface area contributed by atoms with Crippen molar-refractivity contribution in [1.29, 1.82) is 0 Å². The zero-order valence-corrected chi connectivity index (χ0v) is 11.2. The van der Waals surface area contributed by atoms with Crippen molar-refractivity contribution >= 4 is 0 Å². The van der Waals surface area contributed by atoms with Gasteiger partial charge in [-0.1, -0.05) is 26.3 Å². The van der Waals surface area contributed by atoms with Gasteiger partial charge in [-0.15, -0.1) is 0 Å². The molecule has 2 nitrogen and oxygen atoms in total. The molecule has 0 aliphatic carbocycles. The highest BCUT2D eigenvalue weighted by Gasteiger charge is 2.14. The van der Waals surface area contributed by atoms with Gasteiger partial charge < -0.3 is 10.0 Å². The Labute approximate surface area is 107 Å². The van der Waals surface area contributed by atoms with Crippen LogP contribution in [0.5, 0.6) is 0 Å². The largest absolute Gasteiger partial charge is 0.387 e. The lowest BCUT2D eigenvalue weighted by atomic mass is 10.1. The molecule has 0 saturated carbocycles. The maximum Gasteiger partial charge on any atom is 0.159 e. The number of nitrogens with zero attached hydrogens (tertiary/aromatic N) is 1. The summed E-state index contributed by atoms with van der Waals surface area (Å²) in [4.78, 5) is 2.00. The third-order valence-electron chi connectivity index (χ3n) is 3.13. The van der Waals surface area contributed by atoms with Crippen molar-refractivity contribution < 1.29 is 13.9 Å². The summed E-state index contributed by atoms with van der Waals surface area (Å²) in [6.07, 6.45) is 0.278. The molecule has 1 aromatic rings. The van der Waals surface area contributed by atoms with E-state index in [0.717, 1.165) is 25.1 Å². The Morgan fingerprint density at radius 1 is 1.22 bits per heavy atom. The fourth-order valence-electron chi connectivity index (χ4n) is 1.86. The van der Waals surface area contributed by atoms with Crippen LogP contribution in [-0.2, 0) is 0 Å². The fourth-order valence-corrected chi connectivity index (χ4v) is 1.86. The summed E-state index contributed by atoms with van der Waals surface area (Å²) >= 11 is 0. The smallest absolute Gasteiger partial charge is 0.159 e. The van der Waals surface area contributed by atoms with Crippen molar-refractivity contribution in [2.45, 2.75) is 26.4 Å². The van der Waals surface area contributed by atoms with Crippen LogP contribution >= 0.6 is 0 Å². The van der Waals surface area contributed by atoms with Gasteiger partial charge in [0.25, 0.3) is 0 Å². The molecule has 0 aromatic heterocycles. The molecule has 0 fully saturated rings. The van der Waals surface area contributed by atoms with E-state index in [1.807, 2.05) is 11.9 Å². The highest BCUT2D eigenvalue weighted by atomic mass is 19.2. The van der Waals surface area contributed by atoms with Crippen molar-refractivity contribution in [1.82, 2.24) is 4.90 Å². The van der Waals surface area contributed by atoms with Crippen molar-refractivity contribution in [3.8, 4) is 0 Å². The molecule has 4 heteroatoms. The summed E-state index contributed by atoms with van der Waals surface area (Å²) in [6.45, 7) is 5.54. The van der Waals surface area contributed by atoms with Crippen molar-refractivity contribution in [2.75, 3.05) is 20.1 Å². The Morgan fingerprint density at radius 3 is 2.44 bits per heavy atom. The quantitative estimate of drug-likeness (QED) is 0.847. The fraction of sp³-hybridized carbons (Fsp3) is 0.571. The topological polar surface area (TPSA) is 23.5 Å². The third kappa shape index (κ3) is 4.35. The Bertz CT molecular complexity index is 384. The second-order valence-corrected chi connectivity index (χ2v) is 4.92. The molecule has 2 atom stereocenters. The van der Waals surface area contributed by atoms with E-state index in [4.69, 9.17) is 0 Å². The lowest BCUT2D eigenvalue weighted by Gasteiger charge is -2.23. The Balaban J connectivity index is 2.58. The Morgan fingerprint density at radius 2 is 1.89 bits per heavy atom. The lowest BCUT2D eigenvalue weighted by Crippen LogP contribution is -2.28. The first-order valence-electron chi connectivity index (χ1n) is 6.25. The second kappa shape index (κ2) is 6.81. The van der Waals surface area contributed by atoms with Gasteiger partial charge in [0, 0.05) is 13.1 Å². The van der Waals surface area contributed by atoms with Crippen molar-refractivity contribution in [2.24, 2.45) is 5.92 Å². The molecular formula is C14H21F2NO. The average Bonchev–Trinajstić information content (AvgIpc) is 2.32. The Kier molecular flexibility index (Phi) is 5.69. The molecule has 0 radical (unpaired) electrons. The molecule has 0 bridgehead atoms. The summed E-state index contributed by atoms with van der Waals surface area (Å²) in [5.41, 5.74) is 0.407. The van der Waals surface area contributed by atoms with Crippen LogP contribution in [0, 0.1) is 17.6 Å². The lowest BCUT2D eigenvalue weighted by molar-refractivity contribution is 0.119. The van der Waals surface area contributed by atoms with Crippen molar-refractivity contribution in [3.63, 3.8) is 0 Å². The van der Waals surface area contributed by atoms with Crippen LogP contribution in [0.4, 0.5) is 8.78 Å². The molecule has 0 spiro atoms. The monoisotopic (exact) mass is 257 g/mol. The van der Waals surface area contributed by atoms with Crippen LogP contribution < -0.4 is 0 Å². The number of rotatable bonds is 6. The highest BCUT2D eigenvalue weighted by Crippen LogP contribution is 2.17. The van der Waals surface area contributed by atoms with E-state index < -0.39 is 17.7 Å². The number of halogens is 2. The SMILES string of the molecule is CCC(C)CN(C)CC(O)c1ccc(F)c(F)c1. The van der Waals surface area contributed by atoms with Gasteiger partial charge >= 0.3 is 0 Å². The zero-order valence-electron chi connectivity index (χ0n) is 11.2. The maximum atomic E-state index is 13.0. The van der Waals surface area contributed by atoms with Crippen LogP contribution in [-0.4, -0.2) is 30.1 Å². The van der Waals surface area contributed by atoms with Gasteiger partial charge in [0.05, 0.1) is 6.10 Å².